The van der Waals surface area contributed by atoms with Crippen molar-refractivity contribution in [3.63, 3.8) is 0 Å². The number of ketones is 1. The van der Waals surface area contributed by atoms with Crippen molar-refractivity contribution in [3.05, 3.63) is 59.4 Å². The molecule has 1 aliphatic heterocycles. The monoisotopic (exact) mass is 428 g/mol. The summed E-state index contributed by atoms with van der Waals surface area (Å²) in [6, 6.07) is 11.6. The molecule has 2 aromatic rings. The van der Waals surface area contributed by atoms with E-state index < -0.39 is 0 Å². The maximum atomic E-state index is 13.2. The van der Waals surface area contributed by atoms with Gasteiger partial charge >= 0.3 is 0 Å². The Morgan fingerprint density at radius 1 is 1.06 bits per heavy atom. The van der Waals surface area contributed by atoms with Gasteiger partial charge in [-0.2, -0.15) is 0 Å². The van der Waals surface area contributed by atoms with Crippen molar-refractivity contribution < 1.29 is 23.5 Å². The van der Waals surface area contributed by atoms with Crippen LogP contribution in [0.15, 0.2) is 42.5 Å². The van der Waals surface area contributed by atoms with E-state index in [9.17, 15) is 14.0 Å². The Hall–Kier alpha value is -2.93. The van der Waals surface area contributed by atoms with Crippen molar-refractivity contribution in [3.8, 4) is 11.5 Å². The number of benzene rings is 2. The Kier molecular flexibility index (Phi) is 7.28. The van der Waals surface area contributed by atoms with Crippen molar-refractivity contribution in [2.45, 2.75) is 39.4 Å². The van der Waals surface area contributed by atoms with Crippen LogP contribution in [0.1, 0.15) is 36.7 Å². The highest BCUT2D eigenvalue weighted by molar-refractivity contribution is 5.97. The zero-order valence-corrected chi connectivity index (χ0v) is 18.4. The number of carbonyl (C=O) groups excluding carboxylic acids is 2. The van der Waals surface area contributed by atoms with Gasteiger partial charge in [0.25, 0.3) is 5.91 Å². The van der Waals surface area contributed by atoms with E-state index in [4.69, 9.17) is 9.47 Å². The first-order valence-electron chi connectivity index (χ1n) is 10.4. The number of halogens is 1. The quantitative estimate of drug-likeness (QED) is 0.632. The van der Waals surface area contributed by atoms with Gasteiger partial charge in [0, 0.05) is 31.7 Å². The molecule has 7 heteroatoms. The number of amides is 1. The zero-order chi connectivity index (χ0) is 22.5. The number of rotatable bonds is 7. The average Bonchev–Trinajstić information content (AvgIpc) is 2.75. The van der Waals surface area contributed by atoms with Crippen LogP contribution in [0.4, 0.5) is 4.39 Å². The van der Waals surface area contributed by atoms with E-state index in [1.807, 2.05) is 11.8 Å². The highest BCUT2D eigenvalue weighted by Crippen LogP contribution is 2.25. The molecule has 2 atom stereocenters. The molecule has 0 aliphatic carbocycles. The Morgan fingerprint density at radius 2 is 1.77 bits per heavy atom. The van der Waals surface area contributed by atoms with Crippen molar-refractivity contribution in [2.75, 3.05) is 26.8 Å². The number of carbonyl (C=O) groups is 2. The molecule has 2 aromatic carbocycles. The summed E-state index contributed by atoms with van der Waals surface area (Å²) in [6.45, 7) is 7.40. The smallest absolute Gasteiger partial charge is 0.260 e. The second kappa shape index (κ2) is 9.92. The van der Waals surface area contributed by atoms with Gasteiger partial charge < -0.3 is 14.4 Å². The fraction of sp³-hybridized carbons (Fsp3) is 0.417. The fourth-order valence-electron chi connectivity index (χ4n) is 3.85. The first kappa shape index (κ1) is 22.7. The van der Waals surface area contributed by atoms with E-state index >= 15 is 0 Å². The molecular formula is C24H29FN2O4. The summed E-state index contributed by atoms with van der Waals surface area (Å²) in [4.78, 5) is 28.9. The van der Waals surface area contributed by atoms with Crippen molar-refractivity contribution in [2.24, 2.45) is 0 Å². The van der Waals surface area contributed by atoms with Gasteiger partial charge in [0.2, 0.25) is 0 Å². The molecule has 31 heavy (non-hydrogen) atoms. The van der Waals surface area contributed by atoms with Crippen LogP contribution in [-0.2, 0) is 11.3 Å². The van der Waals surface area contributed by atoms with Crippen LogP contribution < -0.4 is 9.47 Å². The fourth-order valence-corrected chi connectivity index (χ4v) is 3.85. The highest BCUT2D eigenvalue weighted by Gasteiger charge is 2.32. The number of nitrogens with zero attached hydrogens (tertiary/aromatic N) is 2. The topological polar surface area (TPSA) is 59.1 Å². The Bertz CT molecular complexity index is 932. The third kappa shape index (κ3) is 5.61. The van der Waals surface area contributed by atoms with Gasteiger partial charge in [0.1, 0.15) is 17.3 Å². The second-order valence-electron chi connectivity index (χ2n) is 8.01. The van der Waals surface area contributed by atoms with Crippen molar-refractivity contribution >= 4 is 11.7 Å². The van der Waals surface area contributed by atoms with Gasteiger partial charge in [0.05, 0.1) is 12.7 Å². The van der Waals surface area contributed by atoms with Gasteiger partial charge in [-0.1, -0.05) is 12.1 Å². The largest absolute Gasteiger partial charge is 0.497 e. The average molecular weight is 429 g/mol. The van der Waals surface area contributed by atoms with E-state index in [0.29, 0.717) is 36.7 Å². The van der Waals surface area contributed by atoms with Gasteiger partial charge in [-0.05, 0) is 56.7 Å². The molecule has 166 valence electrons. The summed E-state index contributed by atoms with van der Waals surface area (Å²) in [5.41, 5.74) is 1.43. The maximum Gasteiger partial charge on any atom is 0.260 e. The van der Waals surface area contributed by atoms with E-state index in [-0.39, 0.29) is 36.2 Å². The Morgan fingerprint density at radius 3 is 2.42 bits per heavy atom. The van der Waals surface area contributed by atoms with Gasteiger partial charge in [-0.3, -0.25) is 14.5 Å². The third-order valence-electron chi connectivity index (χ3n) is 5.65. The Balaban J connectivity index is 1.60. The SMILES string of the molecule is COc1ccc(OCC(=O)N2C[C@@H](C)N(Cc3ccc(F)cc3)C[C@@H]2C)c(C(C)=O)c1. The molecule has 0 saturated carbocycles. The molecule has 0 unspecified atom stereocenters. The van der Waals surface area contributed by atoms with E-state index in [1.165, 1.54) is 26.2 Å². The molecular weight excluding hydrogens is 399 g/mol. The number of ether oxygens (including phenoxy) is 2. The van der Waals surface area contributed by atoms with Crippen LogP contribution in [0, 0.1) is 5.82 Å². The van der Waals surface area contributed by atoms with Crippen LogP contribution in [0.2, 0.25) is 0 Å². The summed E-state index contributed by atoms with van der Waals surface area (Å²) in [7, 11) is 1.53. The second-order valence-corrected chi connectivity index (χ2v) is 8.01. The molecule has 1 saturated heterocycles. The first-order valence-corrected chi connectivity index (χ1v) is 10.4. The summed E-state index contributed by atoms with van der Waals surface area (Å²) < 4.78 is 24.0. The lowest BCUT2D eigenvalue weighted by atomic mass is 10.1. The van der Waals surface area contributed by atoms with Crippen LogP contribution in [0.5, 0.6) is 11.5 Å². The normalized spacial score (nSPS) is 19.2. The Labute approximate surface area is 182 Å². The van der Waals surface area contributed by atoms with E-state index in [2.05, 4.69) is 11.8 Å². The van der Waals surface area contributed by atoms with Crippen LogP contribution in [0.3, 0.4) is 0 Å². The predicted molar refractivity (Wildman–Crippen MR) is 116 cm³/mol. The number of Topliss-reactive ketones (excluding diaryl/α,β-unsaturated/α-hetero) is 1. The minimum Gasteiger partial charge on any atom is -0.497 e. The molecule has 1 fully saturated rings. The lowest BCUT2D eigenvalue weighted by Crippen LogP contribution is -2.58. The summed E-state index contributed by atoms with van der Waals surface area (Å²) in [6.07, 6.45) is 0. The third-order valence-corrected chi connectivity index (χ3v) is 5.65. The van der Waals surface area contributed by atoms with E-state index in [0.717, 1.165) is 5.56 Å². The molecule has 1 heterocycles. The summed E-state index contributed by atoms with van der Waals surface area (Å²) in [5.74, 6) is 0.412. The minimum atomic E-state index is -0.245. The predicted octanol–water partition coefficient (Wildman–Crippen LogP) is 3.54. The lowest BCUT2D eigenvalue weighted by Gasteiger charge is -2.44. The summed E-state index contributed by atoms with van der Waals surface area (Å²) in [5, 5.41) is 0. The molecule has 0 radical (unpaired) electrons. The van der Waals surface area contributed by atoms with Crippen LogP contribution in [0.25, 0.3) is 0 Å². The van der Waals surface area contributed by atoms with Gasteiger partial charge in [-0.15, -0.1) is 0 Å². The van der Waals surface area contributed by atoms with Gasteiger partial charge in [0.15, 0.2) is 12.4 Å². The molecule has 1 amide bonds. The van der Waals surface area contributed by atoms with Crippen molar-refractivity contribution in [1.29, 1.82) is 0 Å². The number of hydrogen-bond acceptors (Lipinski definition) is 5. The van der Waals surface area contributed by atoms with Crippen molar-refractivity contribution in [1.82, 2.24) is 9.80 Å². The number of methoxy groups -OCH3 is 1. The molecule has 0 bridgehead atoms. The van der Waals surface area contributed by atoms with Crippen LogP contribution >= 0.6 is 0 Å². The molecule has 3 rings (SSSR count). The highest BCUT2D eigenvalue weighted by atomic mass is 19.1. The molecule has 0 N–H and O–H groups in total. The minimum absolute atomic E-state index is 0.0101. The first-order chi connectivity index (χ1) is 14.8. The lowest BCUT2D eigenvalue weighted by molar-refractivity contribution is -0.139. The number of piperazine rings is 1. The summed E-state index contributed by atoms with van der Waals surface area (Å²) >= 11 is 0. The standard InChI is InChI=1S/C24H29FN2O4/c1-16-13-27(17(2)12-26(16)14-19-5-7-20(25)8-6-19)24(29)15-31-23-10-9-21(30-4)11-22(23)18(3)28/h5-11,16-17H,12-15H2,1-4H3/t16-,17+/m1/s1. The van der Waals surface area contributed by atoms with Crippen LogP contribution in [-0.4, -0.2) is 60.4 Å². The van der Waals surface area contributed by atoms with Gasteiger partial charge in [-0.25, -0.2) is 4.39 Å². The molecule has 1 aliphatic rings. The number of hydrogen-bond donors (Lipinski definition) is 0. The molecule has 6 nitrogen and oxygen atoms in total. The maximum absolute atomic E-state index is 13.2. The van der Waals surface area contributed by atoms with E-state index in [1.54, 1.807) is 30.3 Å². The molecule has 0 aromatic heterocycles. The molecule has 0 spiro atoms. The zero-order valence-electron chi connectivity index (χ0n) is 18.4.